The molecule has 2 rings (SSSR count). The van der Waals surface area contributed by atoms with Crippen molar-refractivity contribution in [2.75, 3.05) is 19.0 Å². The first-order valence-corrected chi connectivity index (χ1v) is 7.01. The molecule has 0 heterocycles. The van der Waals surface area contributed by atoms with Crippen LogP contribution in [0.2, 0.25) is 0 Å². The van der Waals surface area contributed by atoms with Crippen LogP contribution in [0.4, 0.5) is 5.69 Å². The number of nitrogens with two attached hydrogens (primary N) is 1. The Labute approximate surface area is 131 Å². The number of carbonyl (C=O) groups is 1. The van der Waals surface area contributed by atoms with E-state index < -0.39 is 6.04 Å². The highest BCUT2D eigenvalue weighted by atomic mass is 35.5. The number of ether oxygens (including phenoxy) is 2. The number of nitrogens with one attached hydrogen (secondary N) is 1. The van der Waals surface area contributed by atoms with E-state index in [2.05, 4.69) is 5.32 Å². The molecule has 1 amide bonds. The molecular weight excluding hydrogens is 292 g/mol. The SMILES string of the molecule is COCC(N)C(=O)Nc1ccccc1OC1CCCC1.Cl. The monoisotopic (exact) mass is 314 g/mol. The van der Waals surface area contributed by atoms with Crippen molar-refractivity contribution < 1.29 is 14.3 Å². The fourth-order valence-corrected chi connectivity index (χ4v) is 2.34. The number of anilines is 1. The maximum absolute atomic E-state index is 11.9. The van der Waals surface area contributed by atoms with E-state index in [1.165, 1.54) is 20.0 Å². The second-order valence-electron chi connectivity index (χ2n) is 5.07. The third kappa shape index (κ3) is 5.19. The molecule has 21 heavy (non-hydrogen) atoms. The molecule has 3 N–H and O–H groups in total. The van der Waals surface area contributed by atoms with Crippen molar-refractivity contribution in [2.24, 2.45) is 5.73 Å². The number of amides is 1. The van der Waals surface area contributed by atoms with Crippen LogP contribution in [-0.2, 0) is 9.53 Å². The van der Waals surface area contributed by atoms with Gasteiger partial charge < -0.3 is 20.5 Å². The molecule has 1 aliphatic carbocycles. The molecule has 1 aliphatic rings. The predicted molar refractivity (Wildman–Crippen MR) is 85.1 cm³/mol. The fraction of sp³-hybridized carbons (Fsp3) is 0.533. The molecule has 1 unspecified atom stereocenters. The molecule has 0 aromatic heterocycles. The van der Waals surface area contributed by atoms with Crippen molar-refractivity contribution >= 4 is 24.0 Å². The Morgan fingerprint density at radius 2 is 2.05 bits per heavy atom. The number of carbonyl (C=O) groups excluding carboxylic acids is 1. The van der Waals surface area contributed by atoms with Gasteiger partial charge in [-0.05, 0) is 37.8 Å². The number of para-hydroxylation sites is 2. The van der Waals surface area contributed by atoms with Crippen LogP contribution >= 0.6 is 12.4 Å². The van der Waals surface area contributed by atoms with E-state index in [0.29, 0.717) is 11.4 Å². The number of hydrogen-bond donors (Lipinski definition) is 2. The zero-order chi connectivity index (χ0) is 14.4. The topological polar surface area (TPSA) is 73.6 Å². The minimum absolute atomic E-state index is 0. The normalized spacial score (nSPS) is 16.1. The lowest BCUT2D eigenvalue weighted by Gasteiger charge is -2.18. The average Bonchev–Trinajstić information content (AvgIpc) is 2.94. The van der Waals surface area contributed by atoms with Crippen LogP contribution in [0.3, 0.4) is 0 Å². The molecule has 1 saturated carbocycles. The lowest BCUT2D eigenvalue weighted by atomic mass is 10.2. The van der Waals surface area contributed by atoms with Crippen LogP contribution in [-0.4, -0.2) is 31.8 Å². The summed E-state index contributed by atoms with van der Waals surface area (Å²) in [6.07, 6.45) is 4.81. The predicted octanol–water partition coefficient (Wildman–Crippen LogP) is 2.34. The maximum Gasteiger partial charge on any atom is 0.243 e. The Balaban J connectivity index is 0.00000220. The zero-order valence-corrected chi connectivity index (χ0v) is 13.0. The molecule has 1 aromatic carbocycles. The second kappa shape index (κ2) is 8.87. The van der Waals surface area contributed by atoms with Gasteiger partial charge in [0.1, 0.15) is 11.8 Å². The smallest absolute Gasteiger partial charge is 0.243 e. The minimum atomic E-state index is -0.681. The second-order valence-corrected chi connectivity index (χ2v) is 5.07. The van der Waals surface area contributed by atoms with Gasteiger partial charge in [-0.15, -0.1) is 12.4 Å². The van der Waals surface area contributed by atoms with Gasteiger partial charge in [0.2, 0.25) is 5.91 Å². The highest BCUT2D eigenvalue weighted by molar-refractivity contribution is 5.96. The average molecular weight is 315 g/mol. The number of hydrogen-bond acceptors (Lipinski definition) is 4. The number of benzene rings is 1. The highest BCUT2D eigenvalue weighted by Crippen LogP contribution is 2.29. The van der Waals surface area contributed by atoms with E-state index in [1.54, 1.807) is 0 Å². The first kappa shape index (κ1) is 17.8. The number of methoxy groups -OCH3 is 1. The number of rotatable bonds is 6. The summed E-state index contributed by atoms with van der Waals surface area (Å²) in [5.74, 6) is 0.437. The first-order valence-electron chi connectivity index (χ1n) is 7.01. The van der Waals surface area contributed by atoms with Crippen molar-refractivity contribution in [1.29, 1.82) is 0 Å². The lowest BCUT2D eigenvalue weighted by Crippen LogP contribution is -2.39. The molecule has 0 saturated heterocycles. The summed E-state index contributed by atoms with van der Waals surface area (Å²) in [5, 5.41) is 2.80. The van der Waals surface area contributed by atoms with Gasteiger partial charge in [0, 0.05) is 7.11 Å². The molecule has 5 nitrogen and oxygen atoms in total. The Bertz CT molecular complexity index is 450. The standard InChI is InChI=1S/C15H22N2O3.ClH/c1-19-10-12(16)15(18)17-13-8-4-5-9-14(13)20-11-6-2-3-7-11;/h4-5,8-9,11-12H,2-3,6-7,10,16H2,1H3,(H,17,18);1H. The van der Waals surface area contributed by atoms with Gasteiger partial charge in [-0.2, -0.15) is 0 Å². The molecule has 0 aliphatic heterocycles. The van der Waals surface area contributed by atoms with Crippen LogP contribution in [0.15, 0.2) is 24.3 Å². The van der Waals surface area contributed by atoms with E-state index in [1.807, 2.05) is 24.3 Å². The van der Waals surface area contributed by atoms with Crippen molar-refractivity contribution in [2.45, 2.75) is 37.8 Å². The summed E-state index contributed by atoms with van der Waals surface area (Å²) in [4.78, 5) is 11.9. The van der Waals surface area contributed by atoms with Crippen LogP contribution in [0.5, 0.6) is 5.75 Å². The van der Waals surface area contributed by atoms with Gasteiger partial charge >= 0.3 is 0 Å². The van der Waals surface area contributed by atoms with Crippen LogP contribution in [0, 0.1) is 0 Å². The molecule has 1 atom stereocenters. The number of halogens is 1. The van der Waals surface area contributed by atoms with Gasteiger partial charge in [-0.1, -0.05) is 12.1 Å². The molecule has 1 fully saturated rings. The molecule has 0 bridgehead atoms. The van der Waals surface area contributed by atoms with Crippen LogP contribution < -0.4 is 15.8 Å². The molecular formula is C15H23ClN2O3. The van der Waals surface area contributed by atoms with Crippen molar-refractivity contribution in [3.8, 4) is 5.75 Å². The maximum atomic E-state index is 11.9. The summed E-state index contributed by atoms with van der Waals surface area (Å²) in [6, 6.07) is 6.77. The summed E-state index contributed by atoms with van der Waals surface area (Å²) in [5.41, 5.74) is 6.37. The third-order valence-corrected chi connectivity index (χ3v) is 3.42. The molecule has 118 valence electrons. The first-order chi connectivity index (χ1) is 9.70. The minimum Gasteiger partial charge on any atom is -0.488 e. The highest BCUT2D eigenvalue weighted by Gasteiger charge is 2.19. The van der Waals surface area contributed by atoms with Gasteiger partial charge in [0.25, 0.3) is 0 Å². The molecule has 1 aromatic rings. The van der Waals surface area contributed by atoms with Gasteiger partial charge in [-0.3, -0.25) is 4.79 Å². The van der Waals surface area contributed by atoms with Crippen molar-refractivity contribution in [1.82, 2.24) is 0 Å². The van der Waals surface area contributed by atoms with Crippen LogP contribution in [0.1, 0.15) is 25.7 Å². The third-order valence-electron chi connectivity index (χ3n) is 3.42. The van der Waals surface area contributed by atoms with Crippen molar-refractivity contribution in [3.63, 3.8) is 0 Å². The van der Waals surface area contributed by atoms with E-state index >= 15 is 0 Å². The van der Waals surface area contributed by atoms with E-state index in [4.69, 9.17) is 15.2 Å². The van der Waals surface area contributed by atoms with Crippen LogP contribution in [0.25, 0.3) is 0 Å². The largest absolute Gasteiger partial charge is 0.488 e. The molecule has 0 spiro atoms. The quantitative estimate of drug-likeness (QED) is 0.845. The van der Waals surface area contributed by atoms with E-state index in [-0.39, 0.29) is 31.0 Å². The van der Waals surface area contributed by atoms with E-state index in [9.17, 15) is 4.79 Å². The fourth-order valence-electron chi connectivity index (χ4n) is 2.34. The summed E-state index contributed by atoms with van der Waals surface area (Å²) < 4.78 is 10.8. The van der Waals surface area contributed by atoms with Gasteiger partial charge in [0.05, 0.1) is 18.4 Å². The van der Waals surface area contributed by atoms with Gasteiger partial charge in [-0.25, -0.2) is 0 Å². The zero-order valence-electron chi connectivity index (χ0n) is 12.2. The Hall–Kier alpha value is -1.30. The summed E-state index contributed by atoms with van der Waals surface area (Å²) in [7, 11) is 1.52. The molecule has 6 heteroatoms. The van der Waals surface area contributed by atoms with Crippen molar-refractivity contribution in [3.05, 3.63) is 24.3 Å². The summed E-state index contributed by atoms with van der Waals surface area (Å²) >= 11 is 0. The lowest BCUT2D eigenvalue weighted by molar-refractivity contribution is -0.118. The Morgan fingerprint density at radius 3 is 2.71 bits per heavy atom. The Morgan fingerprint density at radius 1 is 1.38 bits per heavy atom. The molecule has 0 radical (unpaired) electrons. The van der Waals surface area contributed by atoms with Gasteiger partial charge in [0.15, 0.2) is 0 Å². The van der Waals surface area contributed by atoms with E-state index in [0.717, 1.165) is 12.8 Å². The summed E-state index contributed by atoms with van der Waals surface area (Å²) in [6.45, 7) is 0.192. The Kier molecular flexibility index (Phi) is 7.50.